The minimum Gasteiger partial charge on any atom is -0.371 e. The highest BCUT2D eigenvalue weighted by molar-refractivity contribution is 7.09. The first-order valence-electron chi connectivity index (χ1n) is 7.83. The van der Waals surface area contributed by atoms with Crippen molar-refractivity contribution < 1.29 is 4.79 Å². The van der Waals surface area contributed by atoms with E-state index in [1.165, 1.54) is 18.5 Å². The van der Waals surface area contributed by atoms with Crippen LogP contribution in [0.25, 0.3) is 0 Å². The summed E-state index contributed by atoms with van der Waals surface area (Å²) in [5.41, 5.74) is 2.91. The van der Waals surface area contributed by atoms with Crippen molar-refractivity contribution in [3.63, 3.8) is 0 Å². The van der Waals surface area contributed by atoms with Gasteiger partial charge in [0.25, 0.3) is 0 Å². The third-order valence-corrected chi connectivity index (χ3v) is 4.89. The van der Waals surface area contributed by atoms with Gasteiger partial charge in [0, 0.05) is 29.8 Å². The minimum absolute atomic E-state index is 0.00785. The maximum absolute atomic E-state index is 12.2. The zero-order valence-electron chi connectivity index (χ0n) is 12.8. The highest BCUT2D eigenvalue weighted by atomic mass is 32.1. The van der Waals surface area contributed by atoms with Crippen molar-refractivity contribution in [2.24, 2.45) is 0 Å². The highest BCUT2D eigenvalue weighted by Gasteiger charge is 2.13. The van der Waals surface area contributed by atoms with Gasteiger partial charge >= 0.3 is 0 Å². The predicted octanol–water partition coefficient (Wildman–Crippen LogP) is 3.49. The molecule has 1 aliphatic rings. The summed E-state index contributed by atoms with van der Waals surface area (Å²) in [5.74, 6) is -0.00785. The van der Waals surface area contributed by atoms with E-state index in [1.54, 1.807) is 11.3 Å². The first-order chi connectivity index (χ1) is 10.7. The van der Waals surface area contributed by atoms with Crippen LogP contribution >= 0.6 is 11.3 Å². The Morgan fingerprint density at radius 1 is 1.36 bits per heavy atom. The van der Waals surface area contributed by atoms with Crippen molar-refractivity contribution in [2.45, 2.75) is 32.6 Å². The number of rotatable bonds is 5. The summed E-state index contributed by atoms with van der Waals surface area (Å²) in [7, 11) is 0. The van der Waals surface area contributed by atoms with E-state index in [0.717, 1.165) is 35.9 Å². The lowest BCUT2D eigenvalue weighted by Gasteiger charge is -2.18. The van der Waals surface area contributed by atoms with Crippen LogP contribution in [0.5, 0.6) is 0 Å². The number of aryl methyl sites for hydroxylation is 1. The molecule has 0 aliphatic carbocycles. The number of nitrogens with one attached hydrogen (secondary N) is 1. The molecule has 5 heteroatoms. The quantitative estimate of drug-likeness (QED) is 0.918. The molecule has 0 bridgehead atoms. The minimum atomic E-state index is -0.00785. The Bertz CT molecular complexity index is 647. The van der Waals surface area contributed by atoms with Crippen molar-refractivity contribution in [2.75, 3.05) is 23.3 Å². The second-order valence-corrected chi connectivity index (χ2v) is 6.50. The Balaban J connectivity index is 1.62. The first kappa shape index (κ1) is 15.0. The summed E-state index contributed by atoms with van der Waals surface area (Å²) >= 11 is 1.62. The number of carbonyl (C=O) groups is 1. The Hall–Kier alpha value is -1.88. The van der Waals surface area contributed by atoms with Crippen LogP contribution in [0.2, 0.25) is 0 Å². The van der Waals surface area contributed by atoms with Gasteiger partial charge in [0.1, 0.15) is 0 Å². The van der Waals surface area contributed by atoms with Crippen molar-refractivity contribution >= 4 is 28.6 Å². The normalized spacial score (nSPS) is 14.3. The van der Waals surface area contributed by atoms with E-state index in [9.17, 15) is 4.79 Å². The van der Waals surface area contributed by atoms with Crippen LogP contribution in [0.3, 0.4) is 0 Å². The fourth-order valence-electron chi connectivity index (χ4n) is 2.72. The second-order valence-electron chi connectivity index (χ2n) is 5.56. The van der Waals surface area contributed by atoms with Crippen molar-refractivity contribution in [1.29, 1.82) is 0 Å². The molecule has 0 spiro atoms. The van der Waals surface area contributed by atoms with E-state index >= 15 is 0 Å². The lowest BCUT2D eigenvalue weighted by molar-refractivity contribution is -0.115. The molecule has 1 aromatic heterocycles. The third-order valence-electron chi connectivity index (χ3n) is 3.84. The molecule has 0 atom stereocenters. The topological polar surface area (TPSA) is 45.2 Å². The van der Waals surface area contributed by atoms with E-state index < -0.39 is 0 Å². The molecule has 2 aromatic rings. The molecule has 1 amide bonds. The van der Waals surface area contributed by atoms with Gasteiger partial charge in [0.15, 0.2) is 0 Å². The number of thiazole rings is 1. The van der Waals surface area contributed by atoms with Gasteiger partial charge < -0.3 is 10.2 Å². The Labute approximate surface area is 135 Å². The second kappa shape index (κ2) is 6.92. The van der Waals surface area contributed by atoms with E-state index in [2.05, 4.69) is 34.3 Å². The lowest BCUT2D eigenvalue weighted by atomic mass is 10.2. The van der Waals surface area contributed by atoms with Gasteiger partial charge in [-0.15, -0.1) is 11.3 Å². The summed E-state index contributed by atoms with van der Waals surface area (Å²) in [6, 6.07) is 8.11. The van der Waals surface area contributed by atoms with Gasteiger partial charge in [0.05, 0.1) is 17.1 Å². The van der Waals surface area contributed by atoms with Crippen LogP contribution in [0.4, 0.5) is 11.4 Å². The van der Waals surface area contributed by atoms with E-state index in [0.29, 0.717) is 6.42 Å². The molecule has 0 saturated carbocycles. The smallest absolute Gasteiger partial charge is 0.230 e. The lowest BCUT2D eigenvalue weighted by Crippen LogP contribution is -2.18. The third kappa shape index (κ3) is 3.65. The number of amides is 1. The molecule has 0 radical (unpaired) electrons. The van der Waals surface area contributed by atoms with E-state index in [1.807, 2.05) is 17.5 Å². The molecular weight excluding hydrogens is 294 g/mol. The Morgan fingerprint density at radius 3 is 2.91 bits per heavy atom. The molecule has 1 fully saturated rings. The van der Waals surface area contributed by atoms with Crippen molar-refractivity contribution in [3.8, 4) is 0 Å². The van der Waals surface area contributed by atoms with Crippen LogP contribution in [-0.2, 0) is 17.6 Å². The molecule has 4 nitrogen and oxygen atoms in total. The van der Waals surface area contributed by atoms with Gasteiger partial charge in [-0.1, -0.05) is 13.0 Å². The van der Waals surface area contributed by atoms with Crippen molar-refractivity contribution in [1.82, 2.24) is 4.98 Å². The summed E-state index contributed by atoms with van der Waals surface area (Å²) in [6.07, 6.45) is 3.76. The molecule has 2 heterocycles. The summed E-state index contributed by atoms with van der Waals surface area (Å²) in [5, 5.41) is 6.03. The van der Waals surface area contributed by atoms with E-state index in [-0.39, 0.29) is 5.91 Å². The first-order valence-corrected chi connectivity index (χ1v) is 8.70. The van der Waals surface area contributed by atoms with Crippen LogP contribution in [0, 0.1) is 0 Å². The molecule has 1 saturated heterocycles. The highest BCUT2D eigenvalue weighted by Crippen LogP contribution is 2.23. The average Bonchev–Trinajstić information content (AvgIpc) is 3.18. The van der Waals surface area contributed by atoms with Gasteiger partial charge in [-0.25, -0.2) is 4.98 Å². The monoisotopic (exact) mass is 315 g/mol. The van der Waals surface area contributed by atoms with Gasteiger partial charge in [-0.2, -0.15) is 0 Å². The number of benzene rings is 1. The summed E-state index contributed by atoms with van der Waals surface area (Å²) < 4.78 is 0. The molecule has 1 N–H and O–H groups in total. The Morgan fingerprint density at radius 2 is 2.18 bits per heavy atom. The van der Waals surface area contributed by atoms with Crippen molar-refractivity contribution in [3.05, 3.63) is 40.3 Å². The molecule has 1 aromatic carbocycles. The molecule has 0 unspecified atom stereocenters. The zero-order chi connectivity index (χ0) is 15.4. The molecule has 116 valence electrons. The molecule has 3 rings (SSSR count). The van der Waals surface area contributed by atoms with Crippen LogP contribution in [0.15, 0.2) is 29.6 Å². The zero-order valence-corrected chi connectivity index (χ0v) is 13.7. The van der Waals surface area contributed by atoms with Gasteiger partial charge in [0.2, 0.25) is 5.91 Å². The maximum atomic E-state index is 12.2. The van der Waals surface area contributed by atoms with Crippen LogP contribution in [0.1, 0.15) is 30.5 Å². The fraction of sp³-hybridized carbons (Fsp3) is 0.412. The standard InChI is InChI=1S/C17H21N3OS/c1-2-17-19-14(12-22-17)11-16(21)18-13-6-5-7-15(10-13)20-8-3-4-9-20/h5-7,10,12H,2-4,8-9,11H2,1H3,(H,18,21). The SMILES string of the molecule is CCc1nc(CC(=O)Nc2cccc(N3CCCC3)c2)cs1. The molecule has 1 aliphatic heterocycles. The number of hydrogen-bond acceptors (Lipinski definition) is 4. The van der Waals surface area contributed by atoms with Gasteiger partial charge in [-0.3, -0.25) is 4.79 Å². The summed E-state index contributed by atoms with van der Waals surface area (Å²) in [6.45, 7) is 4.29. The predicted molar refractivity (Wildman–Crippen MR) is 91.7 cm³/mol. The number of aromatic nitrogens is 1. The number of carbonyl (C=O) groups excluding carboxylic acids is 1. The number of anilines is 2. The van der Waals surface area contributed by atoms with Gasteiger partial charge in [-0.05, 0) is 37.5 Å². The average molecular weight is 315 g/mol. The number of nitrogens with zero attached hydrogens (tertiary/aromatic N) is 2. The molecular formula is C17H21N3OS. The molecule has 22 heavy (non-hydrogen) atoms. The largest absolute Gasteiger partial charge is 0.371 e. The fourth-order valence-corrected chi connectivity index (χ4v) is 3.46. The Kier molecular flexibility index (Phi) is 4.73. The van der Waals surface area contributed by atoms with E-state index in [4.69, 9.17) is 0 Å². The van der Waals surface area contributed by atoms with Crippen LogP contribution < -0.4 is 10.2 Å². The number of hydrogen-bond donors (Lipinski definition) is 1. The summed E-state index contributed by atoms with van der Waals surface area (Å²) in [4.78, 5) is 19.0. The maximum Gasteiger partial charge on any atom is 0.230 e. The van der Waals surface area contributed by atoms with Crippen LogP contribution in [-0.4, -0.2) is 24.0 Å².